The second-order valence-corrected chi connectivity index (χ2v) is 3.98. The van der Waals surface area contributed by atoms with Crippen molar-refractivity contribution in [2.45, 2.75) is 6.61 Å². The number of benzene rings is 2. The molecule has 0 aliphatic rings. The summed E-state index contributed by atoms with van der Waals surface area (Å²) in [5, 5.41) is 9.19. The summed E-state index contributed by atoms with van der Waals surface area (Å²) in [4.78, 5) is 10.7. The average Bonchev–Trinajstić information content (AvgIpc) is 2.46. The summed E-state index contributed by atoms with van der Waals surface area (Å²) in [5.74, 6) is 1.31. The van der Waals surface area contributed by atoms with Crippen LogP contribution >= 0.6 is 0 Å². The number of methoxy groups -OCH3 is 1. The third-order valence-electron chi connectivity index (χ3n) is 2.65. The number of aromatic hydroxyl groups is 1. The van der Waals surface area contributed by atoms with E-state index in [2.05, 4.69) is 0 Å². The molecule has 4 nitrogen and oxygen atoms in total. The number of hydrogen-bond donors (Lipinski definition) is 1. The van der Waals surface area contributed by atoms with Crippen molar-refractivity contribution in [1.29, 1.82) is 0 Å². The Bertz CT molecular complexity index is 561. The molecule has 0 unspecified atom stereocenters. The molecule has 0 saturated heterocycles. The van der Waals surface area contributed by atoms with Crippen molar-refractivity contribution in [1.82, 2.24) is 0 Å². The maximum atomic E-state index is 10.7. The van der Waals surface area contributed by atoms with Gasteiger partial charge in [0.25, 0.3) is 0 Å². The predicted molar refractivity (Wildman–Crippen MR) is 70.8 cm³/mol. The Labute approximate surface area is 111 Å². The van der Waals surface area contributed by atoms with E-state index < -0.39 is 0 Å². The van der Waals surface area contributed by atoms with E-state index in [-0.39, 0.29) is 5.75 Å². The average molecular weight is 258 g/mol. The molecule has 2 aromatic carbocycles. The Balaban J connectivity index is 2.10. The first-order valence-electron chi connectivity index (χ1n) is 5.77. The molecule has 0 saturated carbocycles. The highest BCUT2D eigenvalue weighted by molar-refractivity contribution is 5.76. The van der Waals surface area contributed by atoms with E-state index in [0.717, 1.165) is 11.8 Å². The molecular weight excluding hydrogens is 244 g/mol. The minimum absolute atomic E-state index is 0.219. The molecule has 0 spiro atoms. The topological polar surface area (TPSA) is 55.8 Å². The van der Waals surface area contributed by atoms with E-state index in [9.17, 15) is 9.90 Å². The second-order valence-electron chi connectivity index (χ2n) is 3.98. The quantitative estimate of drug-likeness (QED) is 0.838. The Morgan fingerprint density at radius 3 is 2.47 bits per heavy atom. The number of hydrogen-bond acceptors (Lipinski definition) is 4. The largest absolute Gasteiger partial charge is 0.508 e. The lowest BCUT2D eigenvalue weighted by molar-refractivity contribution is 0.112. The lowest BCUT2D eigenvalue weighted by Crippen LogP contribution is -1.98. The maximum absolute atomic E-state index is 10.7. The van der Waals surface area contributed by atoms with E-state index in [1.54, 1.807) is 42.5 Å². The van der Waals surface area contributed by atoms with Crippen LogP contribution < -0.4 is 9.47 Å². The molecule has 0 radical (unpaired) electrons. The van der Waals surface area contributed by atoms with Crippen molar-refractivity contribution in [2.24, 2.45) is 0 Å². The molecule has 0 aliphatic heterocycles. The number of carbonyl (C=O) groups is 1. The fraction of sp³-hybridized carbons (Fsp3) is 0.133. The van der Waals surface area contributed by atoms with Gasteiger partial charge in [-0.25, -0.2) is 0 Å². The highest BCUT2D eigenvalue weighted by Gasteiger charge is 2.05. The smallest absolute Gasteiger partial charge is 0.161 e. The van der Waals surface area contributed by atoms with Gasteiger partial charge in [0.1, 0.15) is 18.6 Å². The van der Waals surface area contributed by atoms with Crippen LogP contribution in [0.15, 0.2) is 42.5 Å². The zero-order valence-corrected chi connectivity index (χ0v) is 10.5. The second kappa shape index (κ2) is 5.91. The lowest BCUT2D eigenvalue weighted by atomic mass is 10.2. The van der Waals surface area contributed by atoms with Gasteiger partial charge in [-0.1, -0.05) is 12.1 Å². The first-order chi connectivity index (χ1) is 9.22. The van der Waals surface area contributed by atoms with E-state index in [1.807, 2.05) is 0 Å². The Hall–Kier alpha value is -2.49. The van der Waals surface area contributed by atoms with Gasteiger partial charge in [-0.05, 0) is 35.9 Å². The fourth-order valence-corrected chi connectivity index (χ4v) is 1.63. The van der Waals surface area contributed by atoms with Crippen LogP contribution in [0.1, 0.15) is 15.9 Å². The molecule has 0 aliphatic carbocycles. The molecule has 19 heavy (non-hydrogen) atoms. The van der Waals surface area contributed by atoms with Gasteiger partial charge in [0.15, 0.2) is 11.5 Å². The molecule has 0 aromatic heterocycles. The van der Waals surface area contributed by atoms with Gasteiger partial charge in [0.2, 0.25) is 0 Å². The summed E-state index contributed by atoms with van der Waals surface area (Å²) < 4.78 is 10.8. The van der Waals surface area contributed by atoms with E-state index in [1.165, 1.54) is 7.11 Å². The fourth-order valence-electron chi connectivity index (χ4n) is 1.63. The maximum Gasteiger partial charge on any atom is 0.161 e. The van der Waals surface area contributed by atoms with Crippen LogP contribution in [-0.4, -0.2) is 18.5 Å². The summed E-state index contributed by atoms with van der Waals surface area (Å²) in [6, 6.07) is 11.8. The van der Waals surface area contributed by atoms with Crippen molar-refractivity contribution in [3.05, 3.63) is 53.6 Å². The first-order valence-corrected chi connectivity index (χ1v) is 5.77. The zero-order chi connectivity index (χ0) is 13.7. The van der Waals surface area contributed by atoms with Crippen molar-refractivity contribution >= 4 is 6.29 Å². The summed E-state index contributed by atoms with van der Waals surface area (Å²) in [6.07, 6.45) is 0.756. The summed E-state index contributed by atoms with van der Waals surface area (Å²) >= 11 is 0. The van der Waals surface area contributed by atoms with Crippen molar-refractivity contribution in [3.63, 3.8) is 0 Å². The van der Waals surface area contributed by atoms with E-state index in [0.29, 0.717) is 23.7 Å². The highest BCUT2D eigenvalue weighted by atomic mass is 16.5. The Morgan fingerprint density at radius 1 is 1.11 bits per heavy atom. The SMILES string of the molecule is COc1cc(C=O)ccc1OCc1ccc(O)cc1. The molecule has 1 N–H and O–H groups in total. The van der Waals surface area contributed by atoms with Crippen molar-refractivity contribution < 1.29 is 19.4 Å². The van der Waals surface area contributed by atoms with Crippen LogP contribution in [-0.2, 0) is 6.61 Å². The van der Waals surface area contributed by atoms with Crippen molar-refractivity contribution in [3.8, 4) is 17.2 Å². The number of ether oxygens (including phenoxy) is 2. The third kappa shape index (κ3) is 3.25. The molecule has 2 aromatic rings. The van der Waals surface area contributed by atoms with Crippen LogP contribution in [0.5, 0.6) is 17.2 Å². The van der Waals surface area contributed by atoms with Crippen LogP contribution in [0.2, 0.25) is 0 Å². The molecule has 0 bridgehead atoms. The van der Waals surface area contributed by atoms with Gasteiger partial charge in [-0.3, -0.25) is 4.79 Å². The van der Waals surface area contributed by atoms with Crippen LogP contribution in [0.4, 0.5) is 0 Å². The lowest BCUT2D eigenvalue weighted by Gasteiger charge is -2.11. The highest BCUT2D eigenvalue weighted by Crippen LogP contribution is 2.28. The minimum Gasteiger partial charge on any atom is -0.508 e. The molecule has 0 fully saturated rings. The van der Waals surface area contributed by atoms with Crippen LogP contribution in [0.25, 0.3) is 0 Å². The van der Waals surface area contributed by atoms with Gasteiger partial charge in [-0.2, -0.15) is 0 Å². The number of phenolic OH excluding ortho intramolecular Hbond substituents is 1. The zero-order valence-electron chi connectivity index (χ0n) is 10.5. The summed E-state index contributed by atoms with van der Waals surface area (Å²) in [7, 11) is 1.53. The van der Waals surface area contributed by atoms with Gasteiger partial charge in [0, 0.05) is 5.56 Å². The van der Waals surface area contributed by atoms with Crippen LogP contribution in [0, 0.1) is 0 Å². The van der Waals surface area contributed by atoms with Crippen LogP contribution in [0.3, 0.4) is 0 Å². The number of aldehydes is 1. The molecule has 0 atom stereocenters. The molecular formula is C15H14O4. The molecule has 0 heterocycles. The molecule has 2 rings (SSSR count). The first kappa shape index (κ1) is 13.0. The number of rotatable bonds is 5. The third-order valence-corrected chi connectivity index (χ3v) is 2.65. The Morgan fingerprint density at radius 2 is 1.84 bits per heavy atom. The van der Waals surface area contributed by atoms with Gasteiger partial charge in [0.05, 0.1) is 7.11 Å². The standard InChI is InChI=1S/C15H14O4/c1-18-15-8-12(9-16)4-7-14(15)19-10-11-2-5-13(17)6-3-11/h2-9,17H,10H2,1H3. The Kier molecular flexibility index (Phi) is 4.03. The molecule has 4 heteroatoms. The summed E-state index contributed by atoms with van der Waals surface area (Å²) in [5.41, 5.74) is 1.47. The van der Waals surface area contributed by atoms with E-state index in [4.69, 9.17) is 9.47 Å². The number of phenols is 1. The summed E-state index contributed by atoms with van der Waals surface area (Å²) in [6.45, 7) is 0.358. The van der Waals surface area contributed by atoms with Gasteiger partial charge in [-0.15, -0.1) is 0 Å². The number of carbonyl (C=O) groups excluding carboxylic acids is 1. The van der Waals surface area contributed by atoms with Gasteiger partial charge >= 0.3 is 0 Å². The molecule has 98 valence electrons. The molecule has 0 amide bonds. The monoisotopic (exact) mass is 258 g/mol. The van der Waals surface area contributed by atoms with Crippen molar-refractivity contribution in [2.75, 3.05) is 7.11 Å². The normalized spacial score (nSPS) is 9.95. The van der Waals surface area contributed by atoms with Gasteiger partial charge < -0.3 is 14.6 Å². The van der Waals surface area contributed by atoms with E-state index >= 15 is 0 Å². The minimum atomic E-state index is 0.219. The predicted octanol–water partition coefficient (Wildman–Crippen LogP) is 2.79.